The van der Waals surface area contributed by atoms with Crippen LogP contribution in [-0.4, -0.2) is 32.4 Å². The minimum Gasteiger partial charge on any atom is -0.376 e. The van der Waals surface area contributed by atoms with Gasteiger partial charge in [-0.25, -0.2) is 0 Å². The van der Waals surface area contributed by atoms with Crippen LogP contribution < -0.4 is 5.32 Å². The Kier molecular flexibility index (Phi) is 6.11. The zero-order chi connectivity index (χ0) is 13.5. The van der Waals surface area contributed by atoms with E-state index in [0.29, 0.717) is 6.61 Å². The normalized spacial score (nSPS) is 20.6. The predicted molar refractivity (Wildman–Crippen MR) is 77.7 cm³/mol. The van der Waals surface area contributed by atoms with Crippen LogP contribution >= 0.6 is 11.6 Å². The van der Waals surface area contributed by atoms with Gasteiger partial charge in [0.25, 0.3) is 0 Å². The summed E-state index contributed by atoms with van der Waals surface area (Å²) in [5, 5.41) is 4.09. The van der Waals surface area contributed by atoms with E-state index in [1.54, 1.807) is 0 Å². The summed E-state index contributed by atoms with van der Waals surface area (Å²) in [5.74, 6) is 0. The maximum Gasteiger partial charge on any atom is 0.0964 e. The third-order valence-corrected chi connectivity index (χ3v) is 3.68. The van der Waals surface area contributed by atoms with Crippen LogP contribution in [0.4, 0.5) is 0 Å². The predicted octanol–water partition coefficient (Wildman–Crippen LogP) is 3.19. The van der Waals surface area contributed by atoms with Gasteiger partial charge in [0.15, 0.2) is 0 Å². The molecule has 1 aliphatic heterocycles. The minimum absolute atomic E-state index is 0.0159. The van der Waals surface area contributed by atoms with Gasteiger partial charge >= 0.3 is 0 Å². The van der Waals surface area contributed by atoms with Crippen molar-refractivity contribution in [3.8, 4) is 0 Å². The monoisotopic (exact) mass is 283 g/mol. The van der Waals surface area contributed by atoms with Gasteiger partial charge in [0.2, 0.25) is 0 Å². The molecule has 0 amide bonds. The molecular formula is C15H22ClNO2. The molecule has 0 aromatic heterocycles. The van der Waals surface area contributed by atoms with Gasteiger partial charge in [0, 0.05) is 23.7 Å². The van der Waals surface area contributed by atoms with E-state index >= 15 is 0 Å². The highest BCUT2D eigenvalue weighted by Gasteiger charge is 2.20. The molecule has 2 atom stereocenters. The Morgan fingerprint density at radius 3 is 3.00 bits per heavy atom. The lowest BCUT2D eigenvalue weighted by Gasteiger charge is -2.21. The number of hydrogen-bond donors (Lipinski definition) is 1. The van der Waals surface area contributed by atoms with Gasteiger partial charge in [-0.3, -0.25) is 0 Å². The lowest BCUT2D eigenvalue weighted by Crippen LogP contribution is -2.26. The Balaban J connectivity index is 1.96. The highest BCUT2D eigenvalue weighted by Crippen LogP contribution is 2.26. The summed E-state index contributed by atoms with van der Waals surface area (Å²) in [5.41, 5.74) is 1.04. The lowest BCUT2D eigenvalue weighted by molar-refractivity contribution is -0.0207. The van der Waals surface area contributed by atoms with E-state index in [4.69, 9.17) is 21.1 Å². The molecule has 1 saturated heterocycles. The Morgan fingerprint density at radius 2 is 2.32 bits per heavy atom. The number of likely N-dealkylation sites (N-methyl/N-ethyl adjacent to an activating group) is 1. The number of halogens is 1. The summed E-state index contributed by atoms with van der Waals surface area (Å²) in [6.45, 7) is 5.28. The van der Waals surface area contributed by atoms with Gasteiger partial charge < -0.3 is 14.8 Å². The van der Waals surface area contributed by atoms with Crippen LogP contribution in [0.3, 0.4) is 0 Å². The first-order valence-electron chi connectivity index (χ1n) is 6.99. The molecule has 0 aliphatic carbocycles. The SMILES string of the molecule is CCNCC(OCC1CCCO1)c1ccccc1Cl. The molecule has 1 aliphatic rings. The van der Waals surface area contributed by atoms with Crippen LogP contribution in [0.1, 0.15) is 31.4 Å². The first-order valence-corrected chi connectivity index (χ1v) is 7.37. The molecule has 3 nitrogen and oxygen atoms in total. The van der Waals surface area contributed by atoms with Gasteiger partial charge in [-0.05, 0) is 25.5 Å². The summed E-state index contributed by atoms with van der Waals surface area (Å²) in [7, 11) is 0. The van der Waals surface area contributed by atoms with Crippen molar-refractivity contribution in [3.05, 3.63) is 34.9 Å². The van der Waals surface area contributed by atoms with E-state index in [1.807, 2.05) is 24.3 Å². The number of nitrogens with one attached hydrogen (secondary N) is 1. The van der Waals surface area contributed by atoms with Crippen LogP contribution in [0.15, 0.2) is 24.3 Å². The summed E-state index contributed by atoms with van der Waals surface area (Å²) < 4.78 is 11.6. The highest BCUT2D eigenvalue weighted by atomic mass is 35.5. The molecular weight excluding hydrogens is 262 g/mol. The molecule has 1 N–H and O–H groups in total. The van der Waals surface area contributed by atoms with Crippen molar-refractivity contribution in [2.24, 2.45) is 0 Å². The Hall–Kier alpha value is -0.610. The van der Waals surface area contributed by atoms with Gasteiger partial charge in [-0.2, -0.15) is 0 Å². The van der Waals surface area contributed by atoms with Crippen molar-refractivity contribution < 1.29 is 9.47 Å². The molecule has 1 heterocycles. The average Bonchev–Trinajstić information content (AvgIpc) is 2.93. The average molecular weight is 284 g/mol. The fourth-order valence-electron chi connectivity index (χ4n) is 2.27. The van der Waals surface area contributed by atoms with Crippen LogP contribution in [-0.2, 0) is 9.47 Å². The molecule has 0 spiro atoms. The minimum atomic E-state index is -0.0159. The Morgan fingerprint density at radius 1 is 1.47 bits per heavy atom. The van der Waals surface area contributed by atoms with Crippen LogP contribution in [0.2, 0.25) is 5.02 Å². The van der Waals surface area contributed by atoms with Crippen molar-refractivity contribution in [1.82, 2.24) is 5.32 Å². The molecule has 19 heavy (non-hydrogen) atoms. The molecule has 1 aromatic rings. The first-order chi connectivity index (χ1) is 9.31. The fraction of sp³-hybridized carbons (Fsp3) is 0.600. The summed E-state index contributed by atoms with van der Waals surface area (Å²) in [4.78, 5) is 0. The van der Waals surface area contributed by atoms with Crippen LogP contribution in [0, 0.1) is 0 Å². The second-order valence-corrected chi connectivity index (χ2v) is 5.19. The van der Waals surface area contributed by atoms with Crippen molar-refractivity contribution >= 4 is 11.6 Å². The fourth-order valence-corrected chi connectivity index (χ4v) is 2.53. The second kappa shape index (κ2) is 7.85. The highest BCUT2D eigenvalue weighted by molar-refractivity contribution is 6.31. The van der Waals surface area contributed by atoms with Crippen molar-refractivity contribution in [2.45, 2.75) is 32.0 Å². The van der Waals surface area contributed by atoms with Crippen molar-refractivity contribution in [1.29, 1.82) is 0 Å². The first kappa shape index (κ1) is 14.8. The molecule has 2 rings (SSSR count). The zero-order valence-electron chi connectivity index (χ0n) is 11.4. The molecule has 0 bridgehead atoms. The smallest absolute Gasteiger partial charge is 0.0964 e. The maximum atomic E-state index is 6.25. The molecule has 2 unspecified atom stereocenters. The largest absolute Gasteiger partial charge is 0.376 e. The summed E-state index contributed by atoms with van der Waals surface area (Å²) in [6.07, 6.45) is 2.46. The quantitative estimate of drug-likeness (QED) is 0.834. The van der Waals surface area contributed by atoms with Crippen LogP contribution in [0.25, 0.3) is 0 Å². The lowest BCUT2D eigenvalue weighted by atomic mass is 10.1. The van der Waals surface area contributed by atoms with Gasteiger partial charge in [0.1, 0.15) is 0 Å². The van der Waals surface area contributed by atoms with Crippen LogP contribution in [0.5, 0.6) is 0 Å². The second-order valence-electron chi connectivity index (χ2n) is 4.79. The van der Waals surface area contributed by atoms with E-state index in [0.717, 1.165) is 43.1 Å². The summed E-state index contributed by atoms with van der Waals surface area (Å²) in [6, 6.07) is 7.87. The molecule has 0 radical (unpaired) electrons. The van der Waals surface area contributed by atoms with E-state index in [1.165, 1.54) is 0 Å². The maximum absolute atomic E-state index is 6.25. The number of rotatable bonds is 7. The Labute approximate surface area is 120 Å². The van der Waals surface area contributed by atoms with E-state index in [-0.39, 0.29) is 12.2 Å². The standard InChI is InChI=1S/C15H22ClNO2/c1-2-17-10-15(13-7-3-4-8-14(13)16)19-11-12-6-5-9-18-12/h3-4,7-8,12,15,17H,2,5-6,9-11H2,1H3. The molecule has 0 saturated carbocycles. The number of ether oxygens (including phenoxy) is 2. The van der Waals surface area contributed by atoms with E-state index < -0.39 is 0 Å². The zero-order valence-corrected chi connectivity index (χ0v) is 12.2. The number of hydrogen-bond acceptors (Lipinski definition) is 3. The molecule has 106 valence electrons. The van der Waals surface area contributed by atoms with Crippen molar-refractivity contribution in [3.63, 3.8) is 0 Å². The molecule has 4 heteroatoms. The Bertz CT molecular complexity index is 380. The summed E-state index contributed by atoms with van der Waals surface area (Å²) >= 11 is 6.25. The third kappa shape index (κ3) is 4.46. The van der Waals surface area contributed by atoms with Gasteiger partial charge in [0.05, 0.1) is 18.8 Å². The van der Waals surface area contributed by atoms with Crippen molar-refractivity contribution in [2.75, 3.05) is 26.3 Å². The molecule has 1 aromatic carbocycles. The van der Waals surface area contributed by atoms with E-state index in [2.05, 4.69) is 12.2 Å². The molecule has 1 fully saturated rings. The van der Waals surface area contributed by atoms with E-state index in [9.17, 15) is 0 Å². The topological polar surface area (TPSA) is 30.5 Å². The third-order valence-electron chi connectivity index (χ3n) is 3.34. The van der Waals surface area contributed by atoms with Gasteiger partial charge in [-0.15, -0.1) is 0 Å². The number of benzene rings is 1. The van der Waals surface area contributed by atoms with Gasteiger partial charge in [-0.1, -0.05) is 36.7 Å².